The molecule has 0 unspecified atom stereocenters. The molecular weight excluding hydrogens is 464 g/mol. The van der Waals surface area contributed by atoms with E-state index in [1.807, 2.05) is 31.2 Å². The van der Waals surface area contributed by atoms with Crippen molar-refractivity contribution in [1.29, 1.82) is 0 Å². The topological polar surface area (TPSA) is 105 Å². The van der Waals surface area contributed by atoms with Crippen molar-refractivity contribution in [3.63, 3.8) is 0 Å². The van der Waals surface area contributed by atoms with E-state index < -0.39 is 15.9 Å². The predicted octanol–water partition coefficient (Wildman–Crippen LogP) is 4.30. The number of carbonyl (C=O) groups is 1. The van der Waals surface area contributed by atoms with E-state index in [0.717, 1.165) is 12.0 Å². The number of sulfonamides is 1. The smallest absolute Gasteiger partial charge is 0.244 e. The second kappa shape index (κ2) is 9.62. The molecule has 8 nitrogen and oxygen atoms in total. The van der Waals surface area contributed by atoms with Gasteiger partial charge in [-0.15, -0.1) is 0 Å². The number of benzene rings is 2. The molecule has 4 rings (SSSR count). The molecule has 1 aliphatic rings. The van der Waals surface area contributed by atoms with Crippen molar-refractivity contribution in [3.8, 4) is 11.4 Å². The van der Waals surface area contributed by atoms with E-state index in [1.54, 1.807) is 13.0 Å². The first kappa shape index (κ1) is 23.4. The van der Waals surface area contributed by atoms with Gasteiger partial charge in [0.25, 0.3) is 0 Å². The number of carbonyl (C=O) groups excluding carboxylic acids is 1. The molecule has 174 valence electrons. The van der Waals surface area contributed by atoms with Gasteiger partial charge in [0.2, 0.25) is 27.6 Å². The third kappa shape index (κ3) is 5.10. The van der Waals surface area contributed by atoms with Gasteiger partial charge in [-0.05, 0) is 55.2 Å². The Balaban J connectivity index is 1.54. The van der Waals surface area contributed by atoms with Crippen LogP contribution in [0.1, 0.15) is 31.2 Å². The Morgan fingerprint density at radius 2 is 2.09 bits per heavy atom. The van der Waals surface area contributed by atoms with Gasteiger partial charge in [-0.3, -0.25) is 4.79 Å². The number of nitrogens with one attached hydrogen (secondary N) is 1. The summed E-state index contributed by atoms with van der Waals surface area (Å²) in [6.45, 7) is 4.11. The lowest BCUT2D eigenvalue weighted by Crippen LogP contribution is -2.43. The summed E-state index contributed by atoms with van der Waals surface area (Å²) in [7, 11) is -3.93. The fourth-order valence-electron chi connectivity index (χ4n) is 3.88. The maximum atomic E-state index is 13.5. The highest BCUT2D eigenvalue weighted by Crippen LogP contribution is 2.32. The number of hydrogen-bond donors (Lipinski definition) is 1. The molecule has 1 atom stereocenters. The molecule has 33 heavy (non-hydrogen) atoms. The molecule has 10 heteroatoms. The van der Waals surface area contributed by atoms with Gasteiger partial charge in [0.15, 0.2) is 0 Å². The summed E-state index contributed by atoms with van der Waals surface area (Å²) >= 11 is 6.28. The van der Waals surface area contributed by atoms with E-state index in [1.165, 1.54) is 16.4 Å². The average Bonchev–Trinajstić information content (AvgIpc) is 3.25. The third-order valence-corrected chi connectivity index (χ3v) is 8.04. The lowest BCUT2D eigenvalue weighted by molar-refractivity contribution is -0.120. The molecule has 1 N–H and O–H groups in total. The van der Waals surface area contributed by atoms with Crippen molar-refractivity contribution in [2.24, 2.45) is 5.92 Å². The van der Waals surface area contributed by atoms with E-state index >= 15 is 0 Å². The standard InChI is InChI=1S/C23H25ClN4O4S/c1-3-16-6-4-8-19(12-16)26-23(29)18-7-5-11-28(14-18)33(30,31)21-13-17(9-10-20(21)24)22-25-15(2)32-27-22/h4,6,8-10,12-13,18H,3,5,7,11,14H2,1-2H3,(H,26,29)/t18-/m0/s1. The summed E-state index contributed by atoms with van der Waals surface area (Å²) in [6, 6.07) is 12.2. The fourth-order valence-corrected chi connectivity index (χ4v) is 5.91. The normalized spacial score (nSPS) is 17.1. The lowest BCUT2D eigenvalue weighted by Gasteiger charge is -2.31. The monoisotopic (exact) mass is 488 g/mol. The Morgan fingerprint density at radius 1 is 1.27 bits per heavy atom. The van der Waals surface area contributed by atoms with Crippen molar-refractivity contribution in [1.82, 2.24) is 14.4 Å². The van der Waals surface area contributed by atoms with Crippen LogP contribution >= 0.6 is 11.6 Å². The molecular formula is C23H25ClN4O4S. The lowest BCUT2D eigenvalue weighted by atomic mass is 9.98. The zero-order chi connectivity index (χ0) is 23.6. The largest absolute Gasteiger partial charge is 0.339 e. The summed E-state index contributed by atoms with van der Waals surface area (Å²) in [5.41, 5.74) is 2.31. The number of aromatic nitrogens is 2. The molecule has 1 fully saturated rings. The molecule has 1 amide bonds. The molecule has 2 heterocycles. The van der Waals surface area contributed by atoms with Gasteiger partial charge in [-0.25, -0.2) is 8.42 Å². The van der Waals surface area contributed by atoms with Gasteiger partial charge < -0.3 is 9.84 Å². The van der Waals surface area contributed by atoms with Crippen LogP contribution in [0.15, 0.2) is 51.9 Å². The highest BCUT2D eigenvalue weighted by Gasteiger charge is 2.34. The first-order valence-corrected chi connectivity index (χ1v) is 12.6. The number of aryl methyl sites for hydroxylation is 2. The van der Waals surface area contributed by atoms with E-state index in [9.17, 15) is 13.2 Å². The van der Waals surface area contributed by atoms with Crippen LogP contribution < -0.4 is 5.32 Å². The number of rotatable bonds is 6. The van der Waals surface area contributed by atoms with Crippen LogP contribution in [0.2, 0.25) is 5.02 Å². The van der Waals surface area contributed by atoms with E-state index in [0.29, 0.717) is 36.5 Å². The second-order valence-electron chi connectivity index (χ2n) is 8.03. The van der Waals surface area contributed by atoms with E-state index in [2.05, 4.69) is 15.5 Å². The maximum absolute atomic E-state index is 13.5. The summed E-state index contributed by atoms with van der Waals surface area (Å²) < 4.78 is 33.2. The van der Waals surface area contributed by atoms with Gasteiger partial charge in [-0.1, -0.05) is 35.8 Å². The van der Waals surface area contributed by atoms with Gasteiger partial charge in [0.05, 0.1) is 10.9 Å². The predicted molar refractivity (Wildman–Crippen MR) is 125 cm³/mol. The molecule has 0 aliphatic carbocycles. The van der Waals surface area contributed by atoms with Gasteiger partial charge in [0, 0.05) is 31.3 Å². The van der Waals surface area contributed by atoms with Crippen LogP contribution in [0.25, 0.3) is 11.4 Å². The van der Waals surface area contributed by atoms with Crippen LogP contribution in [0.5, 0.6) is 0 Å². The number of amides is 1. The van der Waals surface area contributed by atoms with Crippen molar-refractivity contribution in [2.45, 2.75) is 38.0 Å². The Morgan fingerprint density at radius 3 is 2.82 bits per heavy atom. The summed E-state index contributed by atoms with van der Waals surface area (Å²) in [6.07, 6.45) is 2.05. The molecule has 3 aromatic rings. The minimum absolute atomic E-state index is 0.0409. The number of halogens is 1. The zero-order valence-corrected chi connectivity index (χ0v) is 20.0. The van der Waals surface area contributed by atoms with Crippen LogP contribution in [0, 0.1) is 12.8 Å². The molecule has 0 radical (unpaired) electrons. The Bertz CT molecular complexity index is 1270. The van der Waals surface area contributed by atoms with E-state index in [-0.39, 0.29) is 28.2 Å². The molecule has 1 aromatic heterocycles. The first-order chi connectivity index (χ1) is 15.8. The van der Waals surface area contributed by atoms with Crippen molar-refractivity contribution in [3.05, 3.63) is 58.9 Å². The highest BCUT2D eigenvalue weighted by atomic mass is 35.5. The van der Waals surface area contributed by atoms with Gasteiger partial charge in [-0.2, -0.15) is 9.29 Å². The molecule has 2 aromatic carbocycles. The number of piperidine rings is 1. The van der Waals surface area contributed by atoms with Gasteiger partial charge in [0.1, 0.15) is 4.90 Å². The van der Waals surface area contributed by atoms with Crippen molar-refractivity contribution < 1.29 is 17.7 Å². The Hall–Kier alpha value is -2.75. The van der Waals surface area contributed by atoms with Crippen LogP contribution in [-0.4, -0.2) is 41.9 Å². The summed E-state index contributed by atoms with van der Waals surface area (Å²) in [5, 5.41) is 6.88. The van der Waals surface area contributed by atoms with E-state index in [4.69, 9.17) is 16.1 Å². The Kier molecular flexibility index (Phi) is 6.83. The summed E-state index contributed by atoms with van der Waals surface area (Å²) in [4.78, 5) is 17.0. The number of hydrogen-bond acceptors (Lipinski definition) is 6. The van der Waals surface area contributed by atoms with Crippen molar-refractivity contribution in [2.75, 3.05) is 18.4 Å². The summed E-state index contributed by atoms with van der Waals surface area (Å²) in [5.74, 6) is 0.00966. The Labute approximate surface area is 198 Å². The minimum Gasteiger partial charge on any atom is -0.339 e. The minimum atomic E-state index is -3.93. The first-order valence-electron chi connectivity index (χ1n) is 10.8. The fraction of sp³-hybridized carbons (Fsp3) is 0.348. The number of nitrogens with zero attached hydrogens (tertiary/aromatic N) is 3. The zero-order valence-electron chi connectivity index (χ0n) is 18.4. The molecule has 0 spiro atoms. The number of anilines is 1. The molecule has 1 saturated heterocycles. The molecule has 1 aliphatic heterocycles. The third-order valence-electron chi connectivity index (χ3n) is 5.69. The van der Waals surface area contributed by atoms with Crippen LogP contribution in [0.4, 0.5) is 5.69 Å². The highest BCUT2D eigenvalue weighted by molar-refractivity contribution is 7.89. The van der Waals surface area contributed by atoms with Gasteiger partial charge >= 0.3 is 0 Å². The quantitative estimate of drug-likeness (QED) is 0.554. The SMILES string of the molecule is CCc1cccc(NC(=O)[C@H]2CCCN(S(=O)(=O)c3cc(-c4noc(C)n4)ccc3Cl)C2)c1. The van der Waals surface area contributed by atoms with Crippen LogP contribution in [0.3, 0.4) is 0 Å². The second-order valence-corrected chi connectivity index (χ2v) is 10.3. The molecule has 0 bridgehead atoms. The molecule has 0 saturated carbocycles. The maximum Gasteiger partial charge on any atom is 0.244 e. The average molecular weight is 489 g/mol. The van der Waals surface area contributed by atoms with Crippen LogP contribution in [-0.2, 0) is 21.2 Å². The van der Waals surface area contributed by atoms with Crippen molar-refractivity contribution >= 4 is 33.2 Å².